The Kier molecular flexibility index (Phi) is 6.77. The molecule has 1 aromatic heterocycles. The van der Waals surface area contributed by atoms with Crippen LogP contribution < -0.4 is 10.2 Å². The molecule has 26 heavy (non-hydrogen) atoms. The van der Waals surface area contributed by atoms with Gasteiger partial charge in [-0.25, -0.2) is 0 Å². The highest BCUT2D eigenvalue weighted by atomic mass is 35.5. The van der Waals surface area contributed by atoms with Crippen molar-refractivity contribution in [3.63, 3.8) is 0 Å². The number of hydrogen-bond acceptors (Lipinski definition) is 5. The van der Waals surface area contributed by atoms with Gasteiger partial charge in [-0.3, -0.25) is 4.79 Å². The lowest BCUT2D eigenvalue weighted by Gasteiger charge is -2.23. The second-order valence-electron chi connectivity index (χ2n) is 5.96. The molecule has 0 unspecified atom stereocenters. The van der Waals surface area contributed by atoms with E-state index < -0.39 is 0 Å². The molecule has 0 aliphatic carbocycles. The Balaban J connectivity index is 1.54. The van der Waals surface area contributed by atoms with E-state index in [0.29, 0.717) is 20.9 Å². The van der Waals surface area contributed by atoms with Crippen LogP contribution >= 0.6 is 35.0 Å². The first-order valence-electron chi connectivity index (χ1n) is 8.20. The summed E-state index contributed by atoms with van der Waals surface area (Å²) in [6.07, 6.45) is 0. The van der Waals surface area contributed by atoms with E-state index in [1.165, 1.54) is 16.7 Å². The Bertz CT molecular complexity index is 780. The lowest BCUT2D eigenvalue weighted by molar-refractivity contribution is -0.922. The van der Waals surface area contributed by atoms with Crippen molar-refractivity contribution < 1.29 is 14.4 Å². The first-order chi connectivity index (χ1) is 12.5. The Hall–Kier alpha value is -1.32. The minimum atomic E-state index is -0.178. The summed E-state index contributed by atoms with van der Waals surface area (Å²) >= 11 is 13.3. The van der Waals surface area contributed by atoms with E-state index in [2.05, 4.69) is 15.5 Å². The maximum Gasteiger partial charge on any atom is 0.234 e. The Morgan fingerprint density at radius 1 is 1.35 bits per heavy atom. The number of benzene rings is 1. The van der Waals surface area contributed by atoms with Crippen LogP contribution in [0.3, 0.4) is 0 Å². The molecular weight excluding hydrogens is 397 g/mol. The molecule has 1 amide bonds. The molecule has 0 saturated carbocycles. The largest absolute Gasteiger partial charge is 0.370 e. The Morgan fingerprint density at radius 3 is 2.88 bits per heavy atom. The molecule has 1 saturated heterocycles. The molecule has 7 nitrogen and oxygen atoms in total. The quantitative estimate of drug-likeness (QED) is 0.693. The van der Waals surface area contributed by atoms with Gasteiger partial charge in [-0.05, 0) is 18.2 Å². The highest BCUT2D eigenvalue weighted by Gasteiger charge is 2.19. The molecule has 1 aliphatic rings. The van der Waals surface area contributed by atoms with E-state index in [1.54, 1.807) is 18.2 Å². The van der Waals surface area contributed by atoms with E-state index in [4.69, 9.17) is 27.9 Å². The third-order valence-corrected chi connectivity index (χ3v) is 5.65. The molecule has 2 aromatic rings. The predicted molar refractivity (Wildman–Crippen MR) is 102 cm³/mol. The number of carbonyl (C=O) groups is 1. The normalized spacial score (nSPS) is 15.2. The van der Waals surface area contributed by atoms with E-state index in [-0.39, 0.29) is 11.7 Å². The molecule has 1 aliphatic heterocycles. The van der Waals surface area contributed by atoms with Gasteiger partial charge in [0.15, 0.2) is 11.0 Å². The maximum atomic E-state index is 12.2. The van der Waals surface area contributed by atoms with Crippen molar-refractivity contribution in [2.24, 2.45) is 7.05 Å². The standard InChI is InChI=1S/C16H19Cl2N5O2S/c1-22-14(9-23-4-6-25-7-5-23)20-21-16(22)26-10-15(24)19-13-8-11(17)2-3-12(13)18/h2-3,8H,4-7,9-10H2,1H3,(H,19,24)/p+1. The van der Waals surface area contributed by atoms with Crippen LogP contribution in [0.2, 0.25) is 10.0 Å². The van der Waals surface area contributed by atoms with Gasteiger partial charge in [0, 0.05) is 12.1 Å². The molecule has 0 atom stereocenters. The third kappa shape index (κ3) is 5.11. The third-order valence-electron chi connectivity index (χ3n) is 4.07. The molecule has 0 spiro atoms. The maximum absolute atomic E-state index is 12.2. The zero-order chi connectivity index (χ0) is 18.5. The first-order valence-corrected chi connectivity index (χ1v) is 9.94. The van der Waals surface area contributed by atoms with Crippen LogP contribution in [0.5, 0.6) is 0 Å². The molecule has 3 rings (SSSR count). The van der Waals surface area contributed by atoms with Crippen molar-refractivity contribution >= 4 is 46.6 Å². The average molecular weight is 417 g/mol. The first kappa shape index (κ1) is 19.4. The summed E-state index contributed by atoms with van der Waals surface area (Å²) in [5.41, 5.74) is 0.499. The number of amides is 1. The summed E-state index contributed by atoms with van der Waals surface area (Å²) in [7, 11) is 1.92. The minimum absolute atomic E-state index is 0.178. The van der Waals surface area contributed by atoms with E-state index >= 15 is 0 Å². The van der Waals surface area contributed by atoms with Crippen molar-refractivity contribution in [3.05, 3.63) is 34.1 Å². The number of rotatable bonds is 6. The van der Waals surface area contributed by atoms with Gasteiger partial charge in [0.2, 0.25) is 5.91 Å². The molecule has 10 heteroatoms. The summed E-state index contributed by atoms with van der Waals surface area (Å²) in [6, 6.07) is 4.94. The number of quaternary nitrogens is 1. The van der Waals surface area contributed by atoms with Gasteiger partial charge in [-0.1, -0.05) is 35.0 Å². The number of morpholine rings is 1. The molecule has 2 N–H and O–H groups in total. The molecule has 1 aromatic carbocycles. The summed E-state index contributed by atoms with van der Waals surface area (Å²) in [6.45, 7) is 4.30. The van der Waals surface area contributed by atoms with Gasteiger partial charge >= 0.3 is 0 Å². The fraction of sp³-hybridized carbons (Fsp3) is 0.438. The predicted octanol–water partition coefficient (Wildman–Crippen LogP) is 1.27. The fourth-order valence-electron chi connectivity index (χ4n) is 2.59. The van der Waals surface area contributed by atoms with Crippen LogP contribution in [0.25, 0.3) is 0 Å². The van der Waals surface area contributed by atoms with Crippen molar-refractivity contribution in [1.82, 2.24) is 14.8 Å². The monoisotopic (exact) mass is 416 g/mol. The number of aromatic nitrogens is 3. The number of ether oxygens (including phenoxy) is 1. The molecule has 0 radical (unpaired) electrons. The van der Waals surface area contributed by atoms with Gasteiger partial charge in [0.1, 0.15) is 19.6 Å². The zero-order valence-corrected chi connectivity index (χ0v) is 16.6. The lowest BCUT2D eigenvalue weighted by Crippen LogP contribution is -3.12. The molecule has 1 fully saturated rings. The SMILES string of the molecule is Cn1c(C[NH+]2CCOCC2)nnc1SCC(=O)Nc1cc(Cl)ccc1Cl. The van der Waals surface area contributed by atoms with Crippen LogP contribution in [0.15, 0.2) is 23.4 Å². The van der Waals surface area contributed by atoms with Crippen LogP contribution in [0, 0.1) is 0 Å². The summed E-state index contributed by atoms with van der Waals surface area (Å²) < 4.78 is 7.31. The van der Waals surface area contributed by atoms with E-state index in [0.717, 1.165) is 38.7 Å². The second kappa shape index (κ2) is 9.05. The molecule has 2 heterocycles. The van der Waals surface area contributed by atoms with Gasteiger partial charge in [-0.2, -0.15) is 0 Å². The van der Waals surface area contributed by atoms with Gasteiger partial charge < -0.3 is 19.5 Å². The number of anilines is 1. The fourth-order valence-corrected chi connectivity index (χ4v) is 3.66. The molecule has 0 bridgehead atoms. The number of carbonyl (C=O) groups excluding carboxylic acids is 1. The van der Waals surface area contributed by atoms with Crippen molar-refractivity contribution in [3.8, 4) is 0 Å². The highest BCUT2D eigenvalue weighted by molar-refractivity contribution is 7.99. The summed E-state index contributed by atoms with van der Waals surface area (Å²) in [4.78, 5) is 13.6. The van der Waals surface area contributed by atoms with Crippen molar-refractivity contribution in [2.75, 3.05) is 37.4 Å². The summed E-state index contributed by atoms with van der Waals surface area (Å²) in [5.74, 6) is 0.935. The van der Waals surface area contributed by atoms with E-state index in [1.807, 2.05) is 11.6 Å². The average Bonchev–Trinajstić information content (AvgIpc) is 2.97. The Morgan fingerprint density at radius 2 is 2.12 bits per heavy atom. The number of halogens is 2. The lowest BCUT2D eigenvalue weighted by atomic mass is 10.3. The zero-order valence-electron chi connectivity index (χ0n) is 14.3. The van der Waals surface area contributed by atoms with Crippen molar-refractivity contribution in [2.45, 2.75) is 11.7 Å². The van der Waals surface area contributed by atoms with Crippen molar-refractivity contribution in [1.29, 1.82) is 0 Å². The highest BCUT2D eigenvalue weighted by Crippen LogP contribution is 2.26. The number of nitrogens with zero attached hydrogens (tertiary/aromatic N) is 3. The van der Waals surface area contributed by atoms with Crippen LogP contribution in [-0.4, -0.2) is 52.7 Å². The minimum Gasteiger partial charge on any atom is -0.370 e. The van der Waals surface area contributed by atoms with Gasteiger partial charge in [-0.15, -0.1) is 10.2 Å². The smallest absolute Gasteiger partial charge is 0.234 e. The van der Waals surface area contributed by atoms with Crippen LogP contribution in [-0.2, 0) is 23.1 Å². The summed E-state index contributed by atoms with van der Waals surface area (Å²) in [5, 5.41) is 12.9. The number of nitrogens with one attached hydrogen (secondary N) is 2. The Labute approximate surface area is 166 Å². The second-order valence-corrected chi connectivity index (χ2v) is 7.74. The molecule has 140 valence electrons. The van der Waals surface area contributed by atoms with E-state index in [9.17, 15) is 4.79 Å². The number of thioether (sulfide) groups is 1. The molecular formula is C16H20Cl2N5O2S+. The van der Waals surface area contributed by atoms with Crippen LogP contribution in [0.1, 0.15) is 5.82 Å². The topological polar surface area (TPSA) is 73.5 Å². The van der Waals surface area contributed by atoms with Gasteiger partial charge in [0.25, 0.3) is 0 Å². The van der Waals surface area contributed by atoms with Crippen LogP contribution in [0.4, 0.5) is 5.69 Å². The van der Waals surface area contributed by atoms with Gasteiger partial charge in [0.05, 0.1) is 29.7 Å². The number of hydrogen-bond donors (Lipinski definition) is 2.